The molecule has 0 saturated carbocycles. The number of rotatable bonds is 3. The summed E-state index contributed by atoms with van der Waals surface area (Å²) in [5, 5.41) is 0.365. The monoisotopic (exact) mass is 367 g/mol. The van der Waals surface area contributed by atoms with Crippen LogP contribution in [-0.4, -0.2) is 12.9 Å². The Kier molecular flexibility index (Phi) is 4.59. The lowest BCUT2D eigenvalue weighted by atomic mass is 9.95. The number of halogens is 2. The fraction of sp³-hybridized carbons (Fsp3) is 0.188. The van der Waals surface area contributed by atoms with Gasteiger partial charge in [0, 0.05) is 10.0 Å². The van der Waals surface area contributed by atoms with E-state index in [1.807, 2.05) is 19.9 Å². The second-order valence-electron chi connectivity index (χ2n) is 4.77. The van der Waals surface area contributed by atoms with Gasteiger partial charge in [-0.3, -0.25) is 4.79 Å². The molecule has 0 fully saturated rings. The molecule has 0 amide bonds. The van der Waals surface area contributed by atoms with Gasteiger partial charge in [-0.15, -0.1) is 0 Å². The second kappa shape index (κ2) is 6.08. The second-order valence-corrected chi connectivity index (χ2v) is 6.04. The van der Waals surface area contributed by atoms with E-state index >= 15 is 0 Å². The van der Waals surface area contributed by atoms with E-state index in [-0.39, 0.29) is 5.78 Å². The van der Waals surface area contributed by atoms with Crippen LogP contribution in [0, 0.1) is 13.8 Å². The number of carbonyl (C=O) groups excluding carboxylic acids is 1. The van der Waals surface area contributed by atoms with Gasteiger partial charge in [0.25, 0.3) is 0 Å². The summed E-state index contributed by atoms with van der Waals surface area (Å²) in [6.45, 7) is 3.77. The third-order valence-electron chi connectivity index (χ3n) is 3.36. The zero-order valence-electron chi connectivity index (χ0n) is 12.0. The number of ketones is 1. The molecule has 2 aromatic carbocycles. The van der Waals surface area contributed by atoms with Crippen molar-refractivity contribution in [3.8, 4) is 5.75 Å². The molecule has 0 aliphatic carbocycles. The van der Waals surface area contributed by atoms with Crippen LogP contribution < -0.4 is 10.5 Å². The van der Waals surface area contributed by atoms with E-state index in [4.69, 9.17) is 22.1 Å². The van der Waals surface area contributed by atoms with Crippen molar-refractivity contribution < 1.29 is 9.53 Å². The predicted molar refractivity (Wildman–Crippen MR) is 89.5 cm³/mol. The highest BCUT2D eigenvalue weighted by Crippen LogP contribution is 2.34. The van der Waals surface area contributed by atoms with Crippen LogP contribution >= 0.6 is 27.5 Å². The zero-order valence-corrected chi connectivity index (χ0v) is 14.3. The summed E-state index contributed by atoms with van der Waals surface area (Å²) in [5.74, 6) is 0.435. The third-order valence-corrected chi connectivity index (χ3v) is 4.51. The number of nitrogens with two attached hydrogens (primary N) is 1. The smallest absolute Gasteiger partial charge is 0.197 e. The van der Waals surface area contributed by atoms with E-state index in [1.165, 1.54) is 0 Å². The number of anilines is 1. The molecule has 0 saturated heterocycles. The van der Waals surface area contributed by atoms with Gasteiger partial charge in [0.2, 0.25) is 0 Å². The van der Waals surface area contributed by atoms with Crippen molar-refractivity contribution in [2.24, 2.45) is 0 Å². The van der Waals surface area contributed by atoms with Crippen molar-refractivity contribution >= 4 is 39.0 Å². The first kappa shape index (κ1) is 15.9. The highest BCUT2D eigenvalue weighted by molar-refractivity contribution is 9.10. The summed E-state index contributed by atoms with van der Waals surface area (Å²) in [7, 11) is 1.56. The molecule has 0 radical (unpaired) electrons. The van der Waals surface area contributed by atoms with Gasteiger partial charge >= 0.3 is 0 Å². The summed E-state index contributed by atoms with van der Waals surface area (Å²) in [4.78, 5) is 12.8. The average molecular weight is 369 g/mol. The van der Waals surface area contributed by atoms with Gasteiger partial charge in [-0.25, -0.2) is 0 Å². The van der Waals surface area contributed by atoms with E-state index in [9.17, 15) is 4.79 Å². The van der Waals surface area contributed by atoms with Crippen LogP contribution in [0.5, 0.6) is 5.75 Å². The van der Waals surface area contributed by atoms with Gasteiger partial charge in [-0.2, -0.15) is 0 Å². The maximum absolute atomic E-state index is 12.8. The number of methoxy groups -OCH3 is 1. The van der Waals surface area contributed by atoms with Crippen molar-refractivity contribution in [1.82, 2.24) is 0 Å². The van der Waals surface area contributed by atoms with E-state index in [0.29, 0.717) is 27.6 Å². The number of nitrogen functional groups attached to an aromatic ring is 1. The van der Waals surface area contributed by atoms with Crippen LogP contribution in [0.25, 0.3) is 0 Å². The number of hydrogen-bond acceptors (Lipinski definition) is 3. The van der Waals surface area contributed by atoms with Crippen LogP contribution in [0.15, 0.2) is 28.7 Å². The van der Waals surface area contributed by atoms with E-state index in [0.717, 1.165) is 15.6 Å². The quantitative estimate of drug-likeness (QED) is 0.639. The van der Waals surface area contributed by atoms with Gasteiger partial charge in [0.15, 0.2) is 5.78 Å². The summed E-state index contributed by atoms with van der Waals surface area (Å²) >= 11 is 9.48. The summed E-state index contributed by atoms with van der Waals surface area (Å²) in [5.41, 5.74) is 8.86. The Bertz CT molecular complexity index is 729. The summed E-state index contributed by atoms with van der Waals surface area (Å²) in [6.07, 6.45) is 0. The zero-order chi connectivity index (χ0) is 15.7. The number of ether oxygens (including phenoxy) is 1. The molecule has 110 valence electrons. The fourth-order valence-electron chi connectivity index (χ4n) is 2.20. The minimum Gasteiger partial charge on any atom is -0.496 e. The highest BCUT2D eigenvalue weighted by atomic mass is 79.9. The molecule has 0 aromatic heterocycles. The van der Waals surface area contributed by atoms with Gasteiger partial charge in [-0.05, 0) is 49.2 Å². The molecule has 2 aromatic rings. The number of hydrogen-bond donors (Lipinski definition) is 1. The van der Waals surface area contributed by atoms with E-state index < -0.39 is 0 Å². The number of aryl methyl sites for hydroxylation is 1. The van der Waals surface area contributed by atoms with Crippen LogP contribution in [0.1, 0.15) is 27.0 Å². The lowest BCUT2D eigenvalue weighted by Crippen LogP contribution is -2.08. The largest absolute Gasteiger partial charge is 0.496 e. The van der Waals surface area contributed by atoms with Crippen LogP contribution in [0.2, 0.25) is 5.02 Å². The Labute approximate surface area is 137 Å². The average Bonchev–Trinajstić information content (AvgIpc) is 2.44. The van der Waals surface area contributed by atoms with Crippen molar-refractivity contribution in [2.75, 3.05) is 12.8 Å². The molecular weight excluding hydrogens is 354 g/mol. The molecule has 2 N–H and O–H groups in total. The van der Waals surface area contributed by atoms with Crippen LogP contribution in [-0.2, 0) is 0 Å². The fourth-order valence-corrected chi connectivity index (χ4v) is 2.92. The first-order valence-corrected chi connectivity index (χ1v) is 7.47. The molecular formula is C16H15BrClNO2. The SMILES string of the molecule is COc1c(C)cc(Br)c(C)c1C(=O)c1ccc(N)c(Cl)c1. The molecule has 0 atom stereocenters. The normalized spacial score (nSPS) is 10.5. The third kappa shape index (κ3) is 2.92. The van der Waals surface area contributed by atoms with Crippen molar-refractivity contribution in [3.05, 3.63) is 56.0 Å². The minimum atomic E-state index is -0.143. The van der Waals surface area contributed by atoms with Crippen molar-refractivity contribution in [1.29, 1.82) is 0 Å². The Morgan fingerprint density at radius 1 is 1.29 bits per heavy atom. The lowest BCUT2D eigenvalue weighted by molar-refractivity contribution is 0.103. The van der Waals surface area contributed by atoms with Gasteiger partial charge in [-0.1, -0.05) is 27.5 Å². The Hall–Kier alpha value is -1.52. The van der Waals surface area contributed by atoms with Crippen molar-refractivity contribution in [3.63, 3.8) is 0 Å². The molecule has 0 spiro atoms. The Balaban J connectivity index is 2.65. The molecule has 0 unspecified atom stereocenters. The van der Waals surface area contributed by atoms with Crippen LogP contribution in [0.4, 0.5) is 5.69 Å². The van der Waals surface area contributed by atoms with E-state index in [1.54, 1.807) is 25.3 Å². The molecule has 2 rings (SSSR count). The minimum absolute atomic E-state index is 0.143. The Morgan fingerprint density at radius 3 is 2.52 bits per heavy atom. The molecule has 0 aliphatic rings. The lowest BCUT2D eigenvalue weighted by Gasteiger charge is -2.15. The standard InChI is InChI=1S/C16H15BrClNO2/c1-8-6-11(17)9(2)14(16(8)21-3)15(20)10-4-5-13(19)12(18)7-10/h4-7H,19H2,1-3H3. The topological polar surface area (TPSA) is 52.3 Å². The number of benzene rings is 2. The molecule has 3 nitrogen and oxygen atoms in total. The molecule has 5 heteroatoms. The van der Waals surface area contributed by atoms with E-state index in [2.05, 4.69) is 15.9 Å². The first-order chi connectivity index (χ1) is 9.86. The summed E-state index contributed by atoms with van der Waals surface area (Å²) < 4.78 is 6.28. The molecule has 0 aliphatic heterocycles. The van der Waals surface area contributed by atoms with Crippen molar-refractivity contribution in [2.45, 2.75) is 13.8 Å². The van der Waals surface area contributed by atoms with Gasteiger partial charge in [0.05, 0.1) is 23.4 Å². The summed E-state index contributed by atoms with van der Waals surface area (Å²) in [6, 6.07) is 6.80. The highest BCUT2D eigenvalue weighted by Gasteiger charge is 2.21. The van der Waals surface area contributed by atoms with Gasteiger partial charge < -0.3 is 10.5 Å². The maximum atomic E-state index is 12.8. The van der Waals surface area contributed by atoms with Crippen LogP contribution in [0.3, 0.4) is 0 Å². The molecule has 21 heavy (non-hydrogen) atoms. The molecule has 0 heterocycles. The van der Waals surface area contributed by atoms with Gasteiger partial charge in [0.1, 0.15) is 5.75 Å². The Morgan fingerprint density at radius 2 is 1.95 bits per heavy atom. The predicted octanol–water partition coefficient (Wildman–Crippen LogP) is 4.54. The molecule has 0 bridgehead atoms. The maximum Gasteiger partial charge on any atom is 0.197 e. The first-order valence-electron chi connectivity index (χ1n) is 6.30. The number of carbonyl (C=O) groups is 1.